The topological polar surface area (TPSA) is 145 Å². The Morgan fingerprint density at radius 3 is 2.60 bits per heavy atom. The first-order chi connectivity index (χ1) is 19.2. The number of hydrogen-bond donors (Lipinski definition) is 3. The molecule has 2 heterocycles. The van der Waals surface area contributed by atoms with Gasteiger partial charge in [-0.3, -0.25) is 19.5 Å². The summed E-state index contributed by atoms with van der Waals surface area (Å²) in [6.07, 6.45) is 3.84. The Balaban J connectivity index is 1.64. The third kappa shape index (κ3) is 6.61. The van der Waals surface area contributed by atoms with Crippen LogP contribution in [0.3, 0.4) is 0 Å². The molecule has 3 aromatic rings. The van der Waals surface area contributed by atoms with Crippen molar-refractivity contribution in [2.45, 2.75) is 32.5 Å². The summed E-state index contributed by atoms with van der Waals surface area (Å²) >= 11 is 0. The molecule has 0 unspecified atom stereocenters. The zero-order valence-corrected chi connectivity index (χ0v) is 22.7. The molecule has 0 saturated heterocycles. The van der Waals surface area contributed by atoms with E-state index in [2.05, 4.69) is 20.2 Å². The lowest BCUT2D eigenvalue weighted by molar-refractivity contribution is 0.0343. The van der Waals surface area contributed by atoms with Gasteiger partial charge in [-0.05, 0) is 43.8 Å². The molecule has 4 rings (SSSR count). The molecule has 3 N–H and O–H groups in total. The number of aliphatic hydroxyl groups is 1. The third-order valence-corrected chi connectivity index (χ3v) is 6.88. The highest BCUT2D eigenvalue weighted by Crippen LogP contribution is 2.35. The summed E-state index contributed by atoms with van der Waals surface area (Å²) in [4.78, 5) is 49.4. The molecule has 0 spiro atoms. The van der Waals surface area contributed by atoms with Crippen LogP contribution in [0.25, 0.3) is 0 Å². The molecule has 1 aliphatic heterocycles. The molecule has 0 saturated carbocycles. The molecule has 0 aliphatic carbocycles. The number of aromatic nitrogens is 2. The summed E-state index contributed by atoms with van der Waals surface area (Å²) in [5, 5.41) is 21.9. The van der Waals surface area contributed by atoms with E-state index in [1.807, 2.05) is 14.0 Å². The molecule has 40 heavy (non-hydrogen) atoms. The summed E-state index contributed by atoms with van der Waals surface area (Å²) in [6, 6.07) is 11.3. The first-order valence-electron chi connectivity index (χ1n) is 13.0. The Morgan fingerprint density at radius 1 is 1.20 bits per heavy atom. The fourth-order valence-corrected chi connectivity index (χ4v) is 4.60. The van der Waals surface area contributed by atoms with E-state index >= 15 is 0 Å². The van der Waals surface area contributed by atoms with Crippen LogP contribution in [0.2, 0.25) is 0 Å². The van der Waals surface area contributed by atoms with Gasteiger partial charge >= 0.3 is 5.97 Å². The van der Waals surface area contributed by atoms with Crippen molar-refractivity contribution in [3.63, 3.8) is 0 Å². The Morgan fingerprint density at radius 2 is 1.95 bits per heavy atom. The van der Waals surface area contributed by atoms with Crippen molar-refractivity contribution >= 4 is 23.5 Å². The van der Waals surface area contributed by atoms with Crippen LogP contribution in [-0.2, 0) is 6.54 Å². The number of para-hydroxylation sites is 1. The van der Waals surface area contributed by atoms with E-state index in [4.69, 9.17) is 9.84 Å². The number of carbonyl (C=O) groups is 3. The van der Waals surface area contributed by atoms with Gasteiger partial charge in [-0.1, -0.05) is 25.1 Å². The fourth-order valence-electron chi connectivity index (χ4n) is 4.60. The minimum Gasteiger partial charge on any atom is -0.486 e. The first-order valence-corrected chi connectivity index (χ1v) is 13.0. The monoisotopic (exact) mass is 547 g/mol. The van der Waals surface area contributed by atoms with Crippen molar-refractivity contribution < 1.29 is 29.3 Å². The van der Waals surface area contributed by atoms with E-state index in [0.29, 0.717) is 25.3 Å². The average molecular weight is 548 g/mol. The molecule has 2 amide bonds. The van der Waals surface area contributed by atoms with E-state index in [-0.39, 0.29) is 41.0 Å². The number of benzene rings is 2. The first kappa shape index (κ1) is 28.7. The summed E-state index contributed by atoms with van der Waals surface area (Å²) in [5.41, 5.74) is 1.88. The standard InChI is InChI=1S/C29H33N5O6/c1-18-14-34(19(2)17-35)28(37)22-5-4-6-23(32-27(36)24-13-30-11-12-31-24)26(22)40-25(18)16-33(3)15-20-7-9-21(10-8-20)29(38)39/h4-13,18-19,25,35H,14-17H2,1-3H3,(H,32,36)(H,38,39)/t18-,19+,25+/m0/s1. The van der Waals surface area contributed by atoms with Crippen LogP contribution < -0.4 is 10.1 Å². The van der Waals surface area contributed by atoms with Gasteiger partial charge in [-0.2, -0.15) is 0 Å². The van der Waals surface area contributed by atoms with Crippen LogP contribution in [0, 0.1) is 5.92 Å². The number of nitrogens with one attached hydrogen (secondary N) is 1. The van der Waals surface area contributed by atoms with Gasteiger partial charge in [0.1, 0.15) is 11.8 Å². The molecule has 0 bridgehead atoms. The Labute approximate surface area is 232 Å². The van der Waals surface area contributed by atoms with E-state index in [9.17, 15) is 19.5 Å². The number of aromatic carboxylic acids is 1. The Bertz CT molecular complexity index is 1350. The van der Waals surface area contributed by atoms with Gasteiger partial charge in [-0.15, -0.1) is 0 Å². The second kappa shape index (κ2) is 12.7. The molecule has 3 atom stereocenters. The largest absolute Gasteiger partial charge is 0.486 e. The molecule has 210 valence electrons. The highest BCUT2D eigenvalue weighted by atomic mass is 16.5. The highest BCUT2D eigenvalue weighted by Gasteiger charge is 2.34. The number of anilines is 1. The van der Waals surface area contributed by atoms with Gasteiger partial charge in [0.25, 0.3) is 11.8 Å². The maximum absolute atomic E-state index is 13.6. The van der Waals surface area contributed by atoms with Crippen LogP contribution in [0.1, 0.15) is 50.6 Å². The number of amides is 2. The van der Waals surface area contributed by atoms with Gasteiger partial charge in [0, 0.05) is 37.9 Å². The normalized spacial score (nSPS) is 17.8. The number of hydrogen-bond acceptors (Lipinski definition) is 8. The van der Waals surface area contributed by atoms with Crippen molar-refractivity contribution in [3.05, 3.63) is 83.4 Å². The summed E-state index contributed by atoms with van der Waals surface area (Å²) in [6.45, 7) is 4.95. The van der Waals surface area contributed by atoms with E-state index < -0.39 is 24.0 Å². The number of carboxylic acids is 1. The lowest BCUT2D eigenvalue weighted by Crippen LogP contribution is -2.49. The van der Waals surface area contributed by atoms with Crippen LogP contribution >= 0.6 is 0 Å². The quantitative estimate of drug-likeness (QED) is 0.368. The van der Waals surface area contributed by atoms with Crippen molar-refractivity contribution in [2.24, 2.45) is 5.92 Å². The molecule has 1 aliphatic rings. The van der Waals surface area contributed by atoms with E-state index in [0.717, 1.165) is 5.56 Å². The van der Waals surface area contributed by atoms with Crippen LogP contribution in [-0.4, -0.2) is 86.7 Å². The lowest BCUT2D eigenvalue weighted by atomic mass is 9.98. The second-order valence-electron chi connectivity index (χ2n) is 10.0. The smallest absolute Gasteiger partial charge is 0.335 e. The second-order valence-corrected chi connectivity index (χ2v) is 10.0. The summed E-state index contributed by atoms with van der Waals surface area (Å²) < 4.78 is 6.53. The van der Waals surface area contributed by atoms with Crippen molar-refractivity contribution in [2.75, 3.05) is 32.1 Å². The zero-order chi connectivity index (χ0) is 28.8. The zero-order valence-electron chi connectivity index (χ0n) is 22.7. The summed E-state index contributed by atoms with van der Waals surface area (Å²) in [7, 11) is 1.93. The van der Waals surface area contributed by atoms with Gasteiger partial charge < -0.3 is 25.2 Å². The minimum absolute atomic E-state index is 0.117. The number of fused-ring (bicyclic) bond motifs is 1. The van der Waals surface area contributed by atoms with E-state index in [1.54, 1.807) is 54.3 Å². The number of rotatable bonds is 9. The molecule has 0 fully saturated rings. The Hall–Kier alpha value is -4.35. The molecular weight excluding hydrogens is 514 g/mol. The predicted octanol–water partition coefficient (Wildman–Crippen LogP) is 2.78. The summed E-state index contributed by atoms with van der Waals surface area (Å²) in [5.74, 6) is -1.66. The number of aliphatic hydroxyl groups excluding tert-OH is 1. The number of likely N-dealkylation sites (N-methyl/N-ethyl adjacent to an activating group) is 1. The number of nitrogens with zero attached hydrogens (tertiary/aromatic N) is 4. The van der Waals surface area contributed by atoms with Gasteiger partial charge in [0.2, 0.25) is 0 Å². The SMILES string of the molecule is C[C@H](CO)N1C[C@H](C)[C@@H](CN(C)Cc2ccc(C(=O)O)cc2)Oc2c(NC(=O)c3cnccn3)cccc2C1=O. The van der Waals surface area contributed by atoms with Crippen LogP contribution in [0.5, 0.6) is 5.75 Å². The molecule has 0 radical (unpaired) electrons. The minimum atomic E-state index is -0.978. The van der Waals surface area contributed by atoms with Crippen molar-refractivity contribution in [3.8, 4) is 5.75 Å². The van der Waals surface area contributed by atoms with Crippen molar-refractivity contribution in [1.29, 1.82) is 0 Å². The Kier molecular flexibility index (Phi) is 9.08. The molecule has 1 aromatic heterocycles. The average Bonchev–Trinajstić information content (AvgIpc) is 2.95. The van der Waals surface area contributed by atoms with Gasteiger partial charge in [0.05, 0.1) is 35.7 Å². The van der Waals surface area contributed by atoms with Crippen LogP contribution in [0.15, 0.2) is 61.1 Å². The molecule has 11 heteroatoms. The van der Waals surface area contributed by atoms with Crippen LogP contribution in [0.4, 0.5) is 5.69 Å². The van der Waals surface area contributed by atoms with Gasteiger partial charge in [-0.25, -0.2) is 9.78 Å². The van der Waals surface area contributed by atoms with Gasteiger partial charge in [0.15, 0.2) is 5.75 Å². The maximum Gasteiger partial charge on any atom is 0.335 e. The molecular formula is C29H33N5O6. The van der Waals surface area contributed by atoms with Crippen molar-refractivity contribution in [1.82, 2.24) is 19.8 Å². The molecule has 11 nitrogen and oxygen atoms in total. The predicted molar refractivity (Wildman–Crippen MR) is 147 cm³/mol. The number of carbonyl (C=O) groups excluding carboxylic acids is 2. The lowest BCUT2D eigenvalue weighted by Gasteiger charge is -2.38. The number of ether oxygens (including phenoxy) is 1. The fraction of sp³-hybridized carbons (Fsp3) is 0.345. The maximum atomic E-state index is 13.6. The third-order valence-electron chi connectivity index (χ3n) is 6.88. The number of carboxylic acid groups (broad SMARTS) is 1. The van der Waals surface area contributed by atoms with E-state index in [1.165, 1.54) is 18.6 Å². The highest BCUT2D eigenvalue weighted by molar-refractivity contribution is 6.06. The molecule has 2 aromatic carbocycles.